The van der Waals surface area contributed by atoms with Crippen LogP contribution >= 0.6 is 0 Å². The van der Waals surface area contributed by atoms with E-state index in [2.05, 4.69) is 32.0 Å². The van der Waals surface area contributed by atoms with E-state index in [4.69, 9.17) is 9.72 Å². The number of ether oxygens (including phenoxy) is 1. The predicted molar refractivity (Wildman–Crippen MR) is 142 cm³/mol. The zero-order valence-electron chi connectivity index (χ0n) is 22.4. The summed E-state index contributed by atoms with van der Waals surface area (Å²) in [7, 11) is 1.56. The van der Waals surface area contributed by atoms with Gasteiger partial charge in [-0.1, -0.05) is 31.2 Å². The highest BCUT2D eigenvalue weighted by Crippen LogP contribution is 2.50. The number of rotatable bonds is 7. The lowest BCUT2D eigenvalue weighted by molar-refractivity contribution is -0.140. The van der Waals surface area contributed by atoms with Gasteiger partial charge in [0.05, 0.1) is 30.9 Å². The summed E-state index contributed by atoms with van der Waals surface area (Å²) in [5.41, 5.74) is 2.73. The molecular formula is C28H27F3N8O. The number of imidazole rings is 1. The molecule has 1 aliphatic carbocycles. The Bertz CT molecular complexity index is 1700. The summed E-state index contributed by atoms with van der Waals surface area (Å²) in [6.07, 6.45) is 3.52. The van der Waals surface area contributed by atoms with Gasteiger partial charge < -0.3 is 9.30 Å². The standard InChI is InChI=1S/C28H27F3N8O/c1-16(2)38-14-20(28(29,30)31)36-24(38)18-7-5-17(6-8-18)13-39-25-19(12-35-39)11-32-23(37-25)21-22(27(3)9-10-27)33-15-34-26(21)40-4/h5-8,11-12,14-16H,9-10,13H2,1-4H3. The van der Waals surface area contributed by atoms with E-state index in [9.17, 15) is 13.2 Å². The number of aromatic nitrogens is 8. The predicted octanol–water partition coefficient (Wildman–Crippen LogP) is 5.85. The lowest BCUT2D eigenvalue weighted by atomic mass is 9.99. The smallest absolute Gasteiger partial charge is 0.434 e. The van der Waals surface area contributed by atoms with E-state index >= 15 is 0 Å². The molecule has 0 amide bonds. The van der Waals surface area contributed by atoms with Gasteiger partial charge in [-0.05, 0) is 32.3 Å². The van der Waals surface area contributed by atoms with Crippen LogP contribution in [0.4, 0.5) is 13.2 Å². The highest BCUT2D eigenvalue weighted by atomic mass is 19.4. The minimum atomic E-state index is -4.51. The molecule has 0 spiro atoms. The molecule has 4 aromatic heterocycles. The Morgan fingerprint density at radius 2 is 1.77 bits per heavy atom. The van der Waals surface area contributed by atoms with Gasteiger partial charge in [0.2, 0.25) is 5.88 Å². The SMILES string of the molecule is COc1ncnc(C2(C)CC2)c1-c1ncc2cnn(Cc3ccc(-c4nc(C(F)(F)F)cn4C(C)C)cc3)c2n1. The number of halogens is 3. The first-order valence-corrected chi connectivity index (χ1v) is 12.9. The number of hydrogen-bond donors (Lipinski definition) is 0. The van der Waals surface area contributed by atoms with Crippen LogP contribution in [0.2, 0.25) is 0 Å². The van der Waals surface area contributed by atoms with Crippen LogP contribution in [-0.4, -0.2) is 46.4 Å². The highest BCUT2D eigenvalue weighted by Gasteiger charge is 2.44. The van der Waals surface area contributed by atoms with Crippen LogP contribution < -0.4 is 4.74 Å². The van der Waals surface area contributed by atoms with Crippen LogP contribution in [0.3, 0.4) is 0 Å². The number of methoxy groups -OCH3 is 1. The molecule has 1 aromatic carbocycles. The van der Waals surface area contributed by atoms with Gasteiger partial charge in [0.25, 0.3) is 0 Å². The van der Waals surface area contributed by atoms with Gasteiger partial charge in [-0.2, -0.15) is 18.3 Å². The average Bonchev–Trinajstić information content (AvgIpc) is 3.33. The second-order valence-electron chi connectivity index (χ2n) is 10.6. The number of benzene rings is 1. The van der Waals surface area contributed by atoms with Crippen LogP contribution in [0.5, 0.6) is 5.88 Å². The third-order valence-electron chi connectivity index (χ3n) is 7.30. The van der Waals surface area contributed by atoms with Crippen molar-refractivity contribution in [3.8, 4) is 28.7 Å². The first kappa shape index (κ1) is 25.9. The highest BCUT2D eigenvalue weighted by molar-refractivity contribution is 5.77. The molecule has 40 heavy (non-hydrogen) atoms. The number of hydrogen-bond acceptors (Lipinski definition) is 7. The van der Waals surface area contributed by atoms with Crippen LogP contribution in [0.15, 0.2) is 49.2 Å². The first-order chi connectivity index (χ1) is 19.1. The molecule has 6 rings (SSSR count). The maximum absolute atomic E-state index is 13.3. The minimum absolute atomic E-state index is 0.0585. The summed E-state index contributed by atoms with van der Waals surface area (Å²) in [6, 6.07) is 7.09. The molecule has 1 fully saturated rings. The monoisotopic (exact) mass is 548 g/mol. The van der Waals surface area contributed by atoms with Crippen LogP contribution in [0.25, 0.3) is 33.8 Å². The minimum Gasteiger partial charge on any atom is -0.480 e. The summed E-state index contributed by atoms with van der Waals surface area (Å²) >= 11 is 0. The van der Waals surface area contributed by atoms with Crippen molar-refractivity contribution in [3.63, 3.8) is 0 Å². The molecule has 1 aliphatic rings. The third kappa shape index (κ3) is 4.56. The molecule has 4 heterocycles. The van der Waals surface area contributed by atoms with Crippen molar-refractivity contribution in [1.29, 1.82) is 0 Å². The first-order valence-electron chi connectivity index (χ1n) is 12.9. The summed E-state index contributed by atoms with van der Waals surface area (Å²) in [5.74, 6) is 1.16. The molecule has 1 saturated carbocycles. The van der Waals surface area contributed by atoms with Crippen molar-refractivity contribution >= 4 is 11.0 Å². The Hall–Kier alpha value is -4.35. The molecule has 9 nitrogen and oxygen atoms in total. The number of fused-ring (bicyclic) bond motifs is 1. The Morgan fingerprint density at radius 3 is 2.42 bits per heavy atom. The van der Waals surface area contributed by atoms with Gasteiger partial charge in [-0.3, -0.25) is 0 Å². The van der Waals surface area contributed by atoms with Crippen LogP contribution in [0, 0.1) is 0 Å². The lowest BCUT2D eigenvalue weighted by Crippen LogP contribution is -2.10. The number of alkyl halides is 3. The van der Waals surface area contributed by atoms with E-state index < -0.39 is 11.9 Å². The van der Waals surface area contributed by atoms with Gasteiger partial charge in [-0.15, -0.1) is 0 Å². The van der Waals surface area contributed by atoms with E-state index in [0.29, 0.717) is 35.0 Å². The average molecular weight is 549 g/mol. The summed E-state index contributed by atoms with van der Waals surface area (Å²) in [5, 5.41) is 5.28. The molecule has 0 saturated heterocycles. The molecule has 12 heteroatoms. The second kappa shape index (κ2) is 9.39. The fourth-order valence-corrected chi connectivity index (χ4v) is 4.78. The largest absolute Gasteiger partial charge is 0.480 e. The Labute approximate surface area is 228 Å². The van der Waals surface area contributed by atoms with Crippen LogP contribution in [0.1, 0.15) is 56.6 Å². The summed E-state index contributed by atoms with van der Waals surface area (Å²) in [6.45, 7) is 6.20. The van der Waals surface area contributed by atoms with E-state index in [0.717, 1.165) is 35.7 Å². The fourth-order valence-electron chi connectivity index (χ4n) is 4.78. The van der Waals surface area contributed by atoms with Crippen molar-refractivity contribution in [1.82, 2.24) is 39.3 Å². The molecular weight excluding hydrogens is 521 g/mol. The molecule has 0 N–H and O–H groups in total. The van der Waals surface area contributed by atoms with Crippen molar-refractivity contribution < 1.29 is 17.9 Å². The third-order valence-corrected chi connectivity index (χ3v) is 7.30. The maximum atomic E-state index is 13.3. The Kier molecular flexibility index (Phi) is 6.08. The Balaban J connectivity index is 1.33. The molecule has 0 radical (unpaired) electrons. The van der Waals surface area contributed by atoms with Gasteiger partial charge in [0.15, 0.2) is 17.2 Å². The molecule has 5 aromatic rings. The number of nitrogens with zero attached hydrogens (tertiary/aromatic N) is 8. The lowest BCUT2D eigenvalue weighted by Gasteiger charge is -2.15. The fraction of sp³-hybridized carbons (Fsp3) is 0.357. The molecule has 206 valence electrons. The van der Waals surface area contributed by atoms with Gasteiger partial charge in [-0.25, -0.2) is 29.6 Å². The quantitative estimate of drug-likeness (QED) is 0.252. The van der Waals surface area contributed by atoms with Crippen molar-refractivity contribution in [2.45, 2.75) is 57.8 Å². The topological polar surface area (TPSA) is 96.4 Å². The second-order valence-corrected chi connectivity index (χ2v) is 10.6. The van der Waals surface area contributed by atoms with Crippen molar-refractivity contribution in [2.24, 2.45) is 0 Å². The van der Waals surface area contributed by atoms with E-state index in [-0.39, 0.29) is 17.3 Å². The van der Waals surface area contributed by atoms with Gasteiger partial charge in [0.1, 0.15) is 17.7 Å². The molecule has 0 unspecified atom stereocenters. The van der Waals surface area contributed by atoms with Gasteiger partial charge >= 0.3 is 6.18 Å². The van der Waals surface area contributed by atoms with Crippen molar-refractivity contribution in [3.05, 3.63) is 66.1 Å². The molecule has 0 aliphatic heterocycles. The summed E-state index contributed by atoms with van der Waals surface area (Å²) in [4.78, 5) is 22.2. The zero-order valence-corrected chi connectivity index (χ0v) is 22.4. The Morgan fingerprint density at radius 1 is 1.02 bits per heavy atom. The van der Waals surface area contributed by atoms with Crippen molar-refractivity contribution in [2.75, 3.05) is 7.11 Å². The molecule has 0 atom stereocenters. The maximum Gasteiger partial charge on any atom is 0.434 e. The van der Waals surface area contributed by atoms with E-state index in [1.54, 1.807) is 36.3 Å². The van der Waals surface area contributed by atoms with E-state index in [1.165, 1.54) is 10.9 Å². The molecule has 0 bridgehead atoms. The van der Waals surface area contributed by atoms with E-state index in [1.807, 2.05) is 26.0 Å². The summed E-state index contributed by atoms with van der Waals surface area (Å²) < 4.78 is 48.8. The zero-order chi connectivity index (χ0) is 28.2. The van der Waals surface area contributed by atoms with Gasteiger partial charge in [0, 0.05) is 29.4 Å². The normalized spacial score (nSPS) is 14.7. The van der Waals surface area contributed by atoms with Crippen LogP contribution in [-0.2, 0) is 18.1 Å².